The second-order valence-corrected chi connectivity index (χ2v) is 7.99. The SMILES string of the molecule is Cc1c(C)n(Cc2ccc(Cl)cc2)c2ccc(C(=O)Nc3c(F)c(F)c(F)c(F)c3F)cc12. The van der Waals surface area contributed by atoms with Gasteiger partial charge in [-0.1, -0.05) is 23.7 Å². The maximum atomic E-state index is 13.9. The van der Waals surface area contributed by atoms with E-state index in [0.717, 1.165) is 22.3 Å². The molecule has 1 aromatic heterocycles. The number of benzene rings is 3. The Morgan fingerprint density at radius 3 is 2.06 bits per heavy atom. The van der Waals surface area contributed by atoms with Crippen LogP contribution in [0.3, 0.4) is 0 Å². The zero-order valence-corrected chi connectivity index (χ0v) is 18.1. The Kier molecular flexibility index (Phi) is 5.88. The largest absolute Gasteiger partial charge is 0.340 e. The Morgan fingerprint density at radius 1 is 0.879 bits per heavy atom. The first-order chi connectivity index (χ1) is 15.6. The molecular weight excluding hydrogens is 463 g/mol. The van der Waals surface area contributed by atoms with Crippen molar-refractivity contribution in [3.8, 4) is 0 Å². The smallest absolute Gasteiger partial charge is 0.255 e. The van der Waals surface area contributed by atoms with E-state index in [1.165, 1.54) is 12.1 Å². The number of halogens is 6. The number of carbonyl (C=O) groups excluding carboxylic acids is 1. The summed E-state index contributed by atoms with van der Waals surface area (Å²) in [5.41, 5.74) is 2.24. The van der Waals surface area contributed by atoms with Crippen molar-refractivity contribution < 1.29 is 26.7 Å². The number of fused-ring (bicyclic) bond motifs is 1. The molecule has 0 aliphatic rings. The molecule has 0 radical (unpaired) electrons. The highest BCUT2D eigenvalue weighted by molar-refractivity contribution is 6.30. The minimum atomic E-state index is -2.29. The number of rotatable bonds is 4. The molecule has 1 N–H and O–H groups in total. The highest BCUT2D eigenvalue weighted by Crippen LogP contribution is 2.30. The maximum Gasteiger partial charge on any atom is 0.255 e. The third-order valence-corrected chi connectivity index (χ3v) is 5.86. The molecular formula is C24H16ClF5N2O. The van der Waals surface area contributed by atoms with E-state index in [1.54, 1.807) is 23.5 Å². The summed E-state index contributed by atoms with van der Waals surface area (Å²) in [7, 11) is 0. The summed E-state index contributed by atoms with van der Waals surface area (Å²) >= 11 is 5.94. The lowest BCUT2D eigenvalue weighted by molar-refractivity contribution is 0.102. The molecule has 3 nitrogen and oxygen atoms in total. The van der Waals surface area contributed by atoms with Crippen LogP contribution < -0.4 is 5.32 Å². The minimum Gasteiger partial charge on any atom is -0.340 e. The van der Waals surface area contributed by atoms with E-state index in [1.807, 2.05) is 30.5 Å². The summed E-state index contributed by atoms with van der Waals surface area (Å²) in [6, 6.07) is 12.0. The molecule has 1 heterocycles. The molecule has 0 bridgehead atoms. The van der Waals surface area contributed by atoms with Crippen molar-refractivity contribution in [2.75, 3.05) is 5.32 Å². The normalized spacial score (nSPS) is 11.3. The third kappa shape index (κ3) is 3.95. The van der Waals surface area contributed by atoms with Gasteiger partial charge in [0.2, 0.25) is 5.82 Å². The average molecular weight is 479 g/mol. The Labute approximate surface area is 190 Å². The summed E-state index contributed by atoms with van der Waals surface area (Å²) in [4.78, 5) is 12.6. The van der Waals surface area contributed by atoms with Crippen molar-refractivity contribution in [3.05, 3.63) is 99.0 Å². The average Bonchev–Trinajstić information content (AvgIpc) is 3.04. The van der Waals surface area contributed by atoms with Crippen molar-refractivity contribution in [1.29, 1.82) is 0 Å². The minimum absolute atomic E-state index is 0.00168. The monoisotopic (exact) mass is 478 g/mol. The molecule has 3 aromatic carbocycles. The fourth-order valence-electron chi connectivity index (χ4n) is 3.67. The van der Waals surface area contributed by atoms with Crippen LogP contribution in [0.2, 0.25) is 5.02 Å². The highest BCUT2D eigenvalue weighted by Gasteiger charge is 2.27. The van der Waals surface area contributed by atoms with Crippen LogP contribution in [0.15, 0.2) is 42.5 Å². The standard InChI is InChI=1S/C24H16ClF5N2O/c1-11-12(2)32(10-13-3-6-15(25)7-4-13)17-8-5-14(9-16(11)17)24(33)31-23-21(29)19(27)18(26)20(28)22(23)30/h3-9H,10H2,1-2H3,(H,31,33). The van der Waals surface area contributed by atoms with Gasteiger partial charge in [0.05, 0.1) is 0 Å². The topological polar surface area (TPSA) is 34.0 Å². The zero-order chi connectivity index (χ0) is 24.0. The number of carbonyl (C=O) groups is 1. The third-order valence-electron chi connectivity index (χ3n) is 5.60. The number of aromatic nitrogens is 1. The van der Waals surface area contributed by atoms with Crippen molar-refractivity contribution >= 4 is 34.1 Å². The van der Waals surface area contributed by atoms with Crippen molar-refractivity contribution in [1.82, 2.24) is 4.57 Å². The van der Waals surface area contributed by atoms with Gasteiger partial charge < -0.3 is 9.88 Å². The summed E-state index contributed by atoms with van der Waals surface area (Å²) < 4.78 is 70.0. The van der Waals surface area contributed by atoms with E-state index >= 15 is 0 Å². The van der Waals surface area contributed by atoms with Gasteiger partial charge in [0.1, 0.15) is 5.69 Å². The lowest BCUT2D eigenvalue weighted by Gasteiger charge is -2.11. The Hall–Kier alpha value is -3.39. The lowest BCUT2D eigenvalue weighted by atomic mass is 10.1. The maximum absolute atomic E-state index is 13.9. The lowest BCUT2D eigenvalue weighted by Crippen LogP contribution is -2.17. The summed E-state index contributed by atoms with van der Waals surface area (Å²) in [5.74, 6) is -11.8. The molecule has 0 aliphatic heterocycles. The van der Waals surface area contributed by atoms with Crippen LogP contribution in [0, 0.1) is 42.9 Å². The molecule has 0 fully saturated rings. The van der Waals surface area contributed by atoms with Crippen LogP contribution in [0.1, 0.15) is 27.2 Å². The number of aryl methyl sites for hydroxylation is 1. The number of amides is 1. The molecule has 9 heteroatoms. The predicted molar refractivity (Wildman–Crippen MR) is 116 cm³/mol. The molecule has 0 spiro atoms. The van der Waals surface area contributed by atoms with Crippen LogP contribution in [0.25, 0.3) is 10.9 Å². The van der Waals surface area contributed by atoms with E-state index in [4.69, 9.17) is 11.6 Å². The first-order valence-corrected chi connectivity index (χ1v) is 10.1. The van der Waals surface area contributed by atoms with Crippen LogP contribution in [0.4, 0.5) is 27.6 Å². The predicted octanol–water partition coefficient (Wildman–Crippen LogP) is 6.91. The van der Waals surface area contributed by atoms with Gasteiger partial charge in [-0.25, -0.2) is 22.0 Å². The quantitative estimate of drug-likeness (QED) is 0.193. The van der Waals surface area contributed by atoms with Gasteiger partial charge >= 0.3 is 0 Å². The number of nitrogens with zero attached hydrogens (tertiary/aromatic N) is 1. The number of anilines is 1. The Bertz CT molecular complexity index is 1380. The van der Waals surface area contributed by atoms with Crippen LogP contribution in [0.5, 0.6) is 0 Å². The molecule has 33 heavy (non-hydrogen) atoms. The number of nitrogens with one attached hydrogen (secondary N) is 1. The van der Waals surface area contributed by atoms with Gasteiger partial charge in [-0.15, -0.1) is 0 Å². The summed E-state index contributed by atoms with van der Waals surface area (Å²) in [6.07, 6.45) is 0. The van der Waals surface area contributed by atoms with Gasteiger partial charge in [-0.05, 0) is 55.3 Å². The summed E-state index contributed by atoms with van der Waals surface area (Å²) in [6.45, 7) is 4.32. The zero-order valence-electron chi connectivity index (χ0n) is 17.4. The second kappa shape index (κ2) is 8.51. The number of hydrogen-bond acceptors (Lipinski definition) is 1. The van der Waals surface area contributed by atoms with E-state index in [-0.39, 0.29) is 5.56 Å². The van der Waals surface area contributed by atoms with Gasteiger partial charge in [-0.3, -0.25) is 4.79 Å². The first-order valence-electron chi connectivity index (χ1n) is 9.76. The Morgan fingerprint density at radius 2 is 1.45 bits per heavy atom. The van der Waals surface area contributed by atoms with Crippen LogP contribution in [-0.2, 0) is 6.54 Å². The van der Waals surface area contributed by atoms with Crippen molar-refractivity contribution in [3.63, 3.8) is 0 Å². The molecule has 170 valence electrons. The molecule has 4 aromatic rings. The van der Waals surface area contributed by atoms with E-state index < -0.39 is 40.7 Å². The van der Waals surface area contributed by atoms with E-state index in [0.29, 0.717) is 17.0 Å². The fourth-order valence-corrected chi connectivity index (χ4v) is 3.79. The van der Waals surface area contributed by atoms with Gasteiger partial charge in [-0.2, -0.15) is 0 Å². The molecule has 0 atom stereocenters. The molecule has 0 unspecified atom stereocenters. The van der Waals surface area contributed by atoms with Gasteiger partial charge in [0.25, 0.3) is 5.91 Å². The van der Waals surface area contributed by atoms with Crippen LogP contribution >= 0.6 is 11.6 Å². The van der Waals surface area contributed by atoms with Crippen molar-refractivity contribution in [2.45, 2.75) is 20.4 Å². The second-order valence-electron chi connectivity index (χ2n) is 7.55. The molecule has 1 amide bonds. The molecule has 0 saturated heterocycles. The van der Waals surface area contributed by atoms with Crippen LogP contribution in [-0.4, -0.2) is 10.5 Å². The van der Waals surface area contributed by atoms with Gasteiger partial charge in [0, 0.05) is 33.7 Å². The Balaban J connectivity index is 1.70. The highest BCUT2D eigenvalue weighted by atomic mass is 35.5. The first kappa shape index (κ1) is 22.8. The molecule has 0 aliphatic carbocycles. The molecule has 4 rings (SSSR count). The summed E-state index contributed by atoms with van der Waals surface area (Å²) in [5, 5.41) is 3.13. The van der Waals surface area contributed by atoms with Gasteiger partial charge in [0.15, 0.2) is 23.3 Å². The molecule has 0 saturated carbocycles. The van der Waals surface area contributed by atoms with E-state index in [9.17, 15) is 26.7 Å². The van der Waals surface area contributed by atoms with Crippen molar-refractivity contribution in [2.24, 2.45) is 0 Å². The van der Waals surface area contributed by atoms with E-state index in [2.05, 4.69) is 0 Å². The number of hydrogen-bond donors (Lipinski definition) is 1. The fraction of sp³-hybridized carbons (Fsp3) is 0.125.